The average Bonchev–Trinajstić information content (AvgIpc) is 2.72. The Morgan fingerprint density at radius 3 is 2.83 bits per heavy atom. The van der Waals surface area contributed by atoms with E-state index in [0.717, 1.165) is 12.1 Å². The van der Waals surface area contributed by atoms with Gasteiger partial charge in [-0.05, 0) is 37.1 Å². The van der Waals surface area contributed by atoms with Gasteiger partial charge in [0.2, 0.25) is 0 Å². The lowest BCUT2D eigenvalue weighted by Crippen LogP contribution is -2.47. The van der Waals surface area contributed by atoms with Crippen LogP contribution in [0.15, 0.2) is 48.8 Å². The topological polar surface area (TPSA) is 48.5 Å². The second-order valence-electron chi connectivity index (χ2n) is 6.44. The molecule has 0 spiro atoms. The summed E-state index contributed by atoms with van der Waals surface area (Å²) in [6.07, 6.45) is 3.53. The number of amides is 2. The Kier molecular flexibility index (Phi) is 4.69. The van der Waals surface area contributed by atoms with Crippen molar-refractivity contribution in [2.75, 3.05) is 18.5 Å². The van der Waals surface area contributed by atoms with E-state index in [0.29, 0.717) is 6.54 Å². The first-order valence-electron chi connectivity index (χ1n) is 8.32. The Labute approximate surface area is 143 Å². The minimum atomic E-state index is -0.0744. The van der Waals surface area contributed by atoms with Crippen molar-refractivity contribution >= 4 is 11.7 Å². The number of likely N-dealkylation sites (N-methyl/N-ethyl adjacent to an activating group) is 1. The number of hydrogen-bond acceptors (Lipinski definition) is 3. The number of nitrogens with one attached hydrogen (secondary N) is 1. The van der Waals surface area contributed by atoms with Crippen LogP contribution in [0, 0.1) is 0 Å². The molecule has 0 bridgehead atoms. The molecule has 3 rings (SSSR count). The Balaban J connectivity index is 1.77. The molecule has 1 aromatic heterocycles. The molecule has 24 heavy (non-hydrogen) atoms. The Morgan fingerprint density at radius 2 is 2.08 bits per heavy atom. The van der Waals surface area contributed by atoms with Gasteiger partial charge in [-0.3, -0.25) is 4.98 Å². The Bertz CT molecular complexity index is 704. The molecule has 1 N–H and O–H groups in total. The van der Waals surface area contributed by atoms with Gasteiger partial charge in [0.25, 0.3) is 0 Å². The molecule has 0 radical (unpaired) electrons. The molecular formula is C19H24N4O. The number of benzene rings is 1. The van der Waals surface area contributed by atoms with Gasteiger partial charge in [-0.2, -0.15) is 0 Å². The third kappa shape index (κ3) is 3.35. The summed E-state index contributed by atoms with van der Waals surface area (Å²) in [5.41, 5.74) is 3.37. The first-order chi connectivity index (χ1) is 11.6. The minimum absolute atomic E-state index is 0.0380. The van der Waals surface area contributed by atoms with Gasteiger partial charge in [0.05, 0.1) is 6.04 Å². The smallest absolute Gasteiger partial charge is 0.318 e. The van der Waals surface area contributed by atoms with Crippen LogP contribution in [-0.2, 0) is 6.54 Å². The van der Waals surface area contributed by atoms with E-state index in [4.69, 9.17) is 0 Å². The van der Waals surface area contributed by atoms with E-state index < -0.39 is 0 Å². The van der Waals surface area contributed by atoms with E-state index in [1.54, 1.807) is 12.4 Å². The maximum atomic E-state index is 12.8. The van der Waals surface area contributed by atoms with Gasteiger partial charge in [-0.25, -0.2) is 4.79 Å². The van der Waals surface area contributed by atoms with Gasteiger partial charge >= 0.3 is 6.03 Å². The fraction of sp³-hybridized carbons (Fsp3) is 0.368. The fourth-order valence-electron chi connectivity index (χ4n) is 3.21. The Morgan fingerprint density at radius 1 is 1.29 bits per heavy atom. The number of carbonyl (C=O) groups excluding carboxylic acids is 1. The molecule has 1 aliphatic heterocycles. The highest BCUT2D eigenvalue weighted by molar-refractivity contribution is 5.76. The SMILES string of the molecule is C[C@H](NC(=O)N1Cc2ccccc2N(C)C[C@@H]1C)c1cccnc1. The summed E-state index contributed by atoms with van der Waals surface area (Å²) in [7, 11) is 2.08. The summed E-state index contributed by atoms with van der Waals surface area (Å²) in [5, 5.41) is 3.10. The summed E-state index contributed by atoms with van der Waals surface area (Å²) >= 11 is 0. The van der Waals surface area contributed by atoms with Crippen LogP contribution in [0.5, 0.6) is 0 Å². The molecule has 2 atom stereocenters. The number of nitrogens with zero attached hydrogens (tertiary/aromatic N) is 3. The number of aromatic nitrogens is 1. The van der Waals surface area contributed by atoms with Crippen LogP contribution >= 0.6 is 0 Å². The molecule has 2 aromatic rings. The van der Waals surface area contributed by atoms with E-state index in [1.165, 1.54) is 11.3 Å². The van der Waals surface area contributed by atoms with Crippen molar-refractivity contribution in [1.82, 2.24) is 15.2 Å². The molecule has 126 valence electrons. The van der Waals surface area contributed by atoms with Crippen LogP contribution in [0.25, 0.3) is 0 Å². The molecule has 2 heterocycles. The molecule has 0 aliphatic carbocycles. The van der Waals surface area contributed by atoms with E-state index >= 15 is 0 Å². The van der Waals surface area contributed by atoms with Crippen molar-refractivity contribution in [3.63, 3.8) is 0 Å². The van der Waals surface area contributed by atoms with Crippen molar-refractivity contribution in [1.29, 1.82) is 0 Å². The van der Waals surface area contributed by atoms with Crippen LogP contribution in [0.4, 0.5) is 10.5 Å². The predicted molar refractivity (Wildman–Crippen MR) is 95.9 cm³/mol. The van der Waals surface area contributed by atoms with Gasteiger partial charge in [0.1, 0.15) is 0 Å². The lowest BCUT2D eigenvalue weighted by molar-refractivity contribution is 0.175. The van der Waals surface area contributed by atoms with Crippen LogP contribution in [0.1, 0.15) is 31.0 Å². The van der Waals surface area contributed by atoms with Crippen molar-refractivity contribution in [3.05, 3.63) is 59.9 Å². The number of fused-ring (bicyclic) bond motifs is 1. The van der Waals surface area contributed by atoms with E-state index in [9.17, 15) is 4.79 Å². The zero-order chi connectivity index (χ0) is 17.1. The van der Waals surface area contributed by atoms with E-state index in [-0.39, 0.29) is 18.1 Å². The molecular weight excluding hydrogens is 300 g/mol. The third-order valence-corrected chi connectivity index (χ3v) is 4.60. The molecule has 5 heteroatoms. The monoisotopic (exact) mass is 324 g/mol. The number of urea groups is 1. The molecule has 1 aromatic carbocycles. The van der Waals surface area contributed by atoms with Gasteiger partial charge in [-0.1, -0.05) is 24.3 Å². The van der Waals surface area contributed by atoms with Crippen molar-refractivity contribution in [2.24, 2.45) is 0 Å². The highest BCUT2D eigenvalue weighted by Gasteiger charge is 2.27. The highest BCUT2D eigenvalue weighted by atomic mass is 16.2. The lowest BCUT2D eigenvalue weighted by atomic mass is 10.1. The van der Waals surface area contributed by atoms with Gasteiger partial charge in [-0.15, -0.1) is 0 Å². The molecule has 5 nitrogen and oxygen atoms in total. The summed E-state index contributed by atoms with van der Waals surface area (Å²) in [6, 6.07) is 12.2. The molecule has 0 unspecified atom stereocenters. The van der Waals surface area contributed by atoms with Crippen molar-refractivity contribution in [2.45, 2.75) is 32.5 Å². The highest BCUT2D eigenvalue weighted by Crippen LogP contribution is 2.26. The summed E-state index contributed by atoms with van der Waals surface area (Å²) < 4.78 is 0. The fourth-order valence-corrected chi connectivity index (χ4v) is 3.21. The summed E-state index contributed by atoms with van der Waals surface area (Å²) in [6.45, 7) is 5.51. The van der Waals surface area contributed by atoms with Gasteiger partial charge in [0, 0.05) is 44.3 Å². The van der Waals surface area contributed by atoms with Crippen molar-refractivity contribution in [3.8, 4) is 0 Å². The molecule has 0 saturated heterocycles. The largest absolute Gasteiger partial charge is 0.372 e. The number of pyridine rings is 1. The van der Waals surface area contributed by atoms with E-state index in [1.807, 2.05) is 36.1 Å². The number of carbonyl (C=O) groups is 1. The van der Waals surface area contributed by atoms with Crippen molar-refractivity contribution < 1.29 is 4.79 Å². The summed E-state index contributed by atoms with van der Waals surface area (Å²) in [5.74, 6) is 0. The second-order valence-corrected chi connectivity index (χ2v) is 6.44. The first kappa shape index (κ1) is 16.3. The summed E-state index contributed by atoms with van der Waals surface area (Å²) in [4.78, 5) is 21.1. The van der Waals surface area contributed by atoms with Gasteiger partial charge < -0.3 is 15.1 Å². The molecule has 0 saturated carbocycles. The Hall–Kier alpha value is -2.56. The number of hydrogen-bond donors (Lipinski definition) is 1. The number of anilines is 1. The standard InChI is InChI=1S/C19H24N4O/c1-14-12-22(3)18-9-5-4-7-17(18)13-23(14)19(24)21-15(2)16-8-6-10-20-11-16/h4-11,14-15H,12-13H2,1-3H3,(H,21,24)/t14-,15-/m0/s1. The molecule has 2 amide bonds. The van der Waals surface area contributed by atoms with Crippen LogP contribution in [0.2, 0.25) is 0 Å². The minimum Gasteiger partial charge on any atom is -0.372 e. The zero-order valence-electron chi connectivity index (χ0n) is 14.4. The zero-order valence-corrected chi connectivity index (χ0v) is 14.4. The van der Waals surface area contributed by atoms with E-state index in [2.05, 4.69) is 41.3 Å². The number of rotatable bonds is 2. The normalized spacial score (nSPS) is 18.5. The maximum absolute atomic E-state index is 12.8. The molecule has 1 aliphatic rings. The number of para-hydroxylation sites is 1. The molecule has 0 fully saturated rings. The average molecular weight is 324 g/mol. The van der Waals surface area contributed by atoms with Crippen LogP contribution in [-0.4, -0.2) is 35.5 Å². The van der Waals surface area contributed by atoms with Crippen LogP contribution in [0.3, 0.4) is 0 Å². The third-order valence-electron chi connectivity index (χ3n) is 4.60. The first-order valence-corrected chi connectivity index (χ1v) is 8.32. The predicted octanol–water partition coefficient (Wildman–Crippen LogP) is 3.19. The quantitative estimate of drug-likeness (QED) is 0.923. The second kappa shape index (κ2) is 6.91. The van der Waals surface area contributed by atoms with Gasteiger partial charge in [0.15, 0.2) is 0 Å². The maximum Gasteiger partial charge on any atom is 0.318 e. The van der Waals surface area contributed by atoms with Crippen LogP contribution < -0.4 is 10.2 Å². The lowest BCUT2D eigenvalue weighted by Gasteiger charge is -2.30.